The van der Waals surface area contributed by atoms with Crippen molar-refractivity contribution in [3.8, 4) is 39.1 Å². The van der Waals surface area contributed by atoms with E-state index in [4.69, 9.17) is 16.6 Å². The summed E-state index contributed by atoms with van der Waals surface area (Å²) in [6, 6.07) is 65.7. The number of rotatable bonds is 4. The maximum atomic E-state index is 7.02. The maximum Gasteiger partial charge on any atom is 0.0963 e. The predicted octanol–water partition coefficient (Wildman–Crippen LogP) is 14.4. The number of hydrogen-bond acceptors (Lipinski definition) is 1. The number of benzene rings is 9. The summed E-state index contributed by atoms with van der Waals surface area (Å²) in [7, 11) is 0. The van der Waals surface area contributed by atoms with Crippen molar-refractivity contribution in [3.05, 3.63) is 193 Å². The molecule has 2 heterocycles. The van der Waals surface area contributed by atoms with Crippen molar-refractivity contribution >= 4 is 76.6 Å². The van der Waals surface area contributed by atoms with Crippen LogP contribution in [0.15, 0.2) is 188 Å². The summed E-state index contributed by atoms with van der Waals surface area (Å²) in [4.78, 5) is 4.77. The van der Waals surface area contributed by atoms with Crippen molar-refractivity contribution < 1.29 is 0 Å². The normalized spacial score (nSPS) is 11.8. The van der Waals surface area contributed by atoms with E-state index in [9.17, 15) is 0 Å². The van der Waals surface area contributed by atoms with Crippen LogP contribution in [0.5, 0.6) is 0 Å². The van der Waals surface area contributed by atoms with Crippen LogP contribution in [0, 0.1) is 0 Å². The zero-order valence-corrected chi connectivity index (χ0v) is 29.9. The molecule has 54 heavy (non-hydrogen) atoms. The Labute approximate surface area is 317 Å². The van der Waals surface area contributed by atoms with Gasteiger partial charge in [0.05, 0.1) is 16.6 Å². The molecule has 9 aromatic carbocycles. The van der Waals surface area contributed by atoms with E-state index in [0.29, 0.717) is 5.02 Å². The number of hydrogen-bond donors (Lipinski definition) is 0. The number of fused-ring (bicyclic) bond motifs is 7. The van der Waals surface area contributed by atoms with E-state index in [-0.39, 0.29) is 0 Å². The van der Waals surface area contributed by atoms with Crippen molar-refractivity contribution in [2.24, 2.45) is 0 Å². The third kappa shape index (κ3) is 4.85. The molecule has 0 aliphatic rings. The molecule has 0 saturated heterocycles. The summed E-state index contributed by atoms with van der Waals surface area (Å²) in [6.07, 6.45) is 1.86. The van der Waals surface area contributed by atoms with E-state index < -0.39 is 0 Å². The maximum absolute atomic E-state index is 7.02. The number of para-hydroxylation sites is 1. The fourth-order valence-electron chi connectivity index (χ4n) is 8.60. The Kier molecular flexibility index (Phi) is 6.95. The van der Waals surface area contributed by atoms with Gasteiger partial charge in [-0.25, -0.2) is 0 Å². The van der Waals surface area contributed by atoms with Gasteiger partial charge in [0.15, 0.2) is 0 Å². The van der Waals surface area contributed by atoms with Gasteiger partial charge in [-0.15, -0.1) is 0 Å². The van der Waals surface area contributed by atoms with Gasteiger partial charge in [-0.1, -0.05) is 139 Å². The molecule has 0 saturated carbocycles. The number of pyridine rings is 1. The molecule has 0 aliphatic heterocycles. The van der Waals surface area contributed by atoms with Gasteiger partial charge < -0.3 is 4.57 Å². The first-order valence-electron chi connectivity index (χ1n) is 18.3. The molecule has 0 amide bonds. The first-order valence-corrected chi connectivity index (χ1v) is 18.7. The molecule has 11 aromatic rings. The van der Waals surface area contributed by atoms with Crippen LogP contribution < -0.4 is 0 Å². The molecule has 0 atom stereocenters. The molecule has 0 fully saturated rings. The van der Waals surface area contributed by atoms with Gasteiger partial charge >= 0.3 is 0 Å². The molecule has 3 heteroatoms. The van der Waals surface area contributed by atoms with E-state index in [1.54, 1.807) is 0 Å². The van der Waals surface area contributed by atoms with Crippen LogP contribution in [0.1, 0.15) is 0 Å². The summed E-state index contributed by atoms with van der Waals surface area (Å²) < 4.78 is 2.28. The highest BCUT2D eigenvalue weighted by molar-refractivity contribution is 6.31. The fourth-order valence-corrected chi connectivity index (χ4v) is 8.83. The van der Waals surface area contributed by atoms with Crippen LogP contribution in [0.3, 0.4) is 0 Å². The van der Waals surface area contributed by atoms with Gasteiger partial charge in [0.2, 0.25) is 0 Å². The standard InChI is InChI=1S/C51H31ClN2/c52-40-28-39(29-41(31-40)54-47-17-8-7-16-45(47)51-48(54)18-9-25-53-51)36-23-24-44-46(30-36)50(38-22-20-33-11-2-4-13-35(33)27-38)43-15-6-5-14-42(43)49(44)37-21-19-32-10-1-3-12-34(32)26-37/h1-31H. The van der Waals surface area contributed by atoms with E-state index in [0.717, 1.165) is 38.8 Å². The summed E-state index contributed by atoms with van der Waals surface area (Å²) in [5, 5.41) is 11.6. The highest BCUT2D eigenvalue weighted by atomic mass is 35.5. The van der Waals surface area contributed by atoms with Crippen LogP contribution in [-0.4, -0.2) is 9.55 Å². The topological polar surface area (TPSA) is 17.8 Å². The molecule has 0 bridgehead atoms. The summed E-state index contributed by atoms with van der Waals surface area (Å²) >= 11 is 7.02. The average molecular weight is 707 g/mol. The molecule has 0 unspecified atom stereocenters. The first-order chi connectivity index (χ1) is 26.7. The molecule has 2 aromatic heterocycles. The lowest BCUT2D eigenvalue weighted by Crippen LogP contribution is -1.95. The van der Waals surface area contributed by atoms with Gasteiger partial charge in [-0.3, -0.25) is 4.98 Å². The second-order valence-electron chi connectivity index (χ2n) is 14.1. The zero-order valence-electron chi connectivity index (χ0n) is 29.2. The zero-order chi connectivity index (χ0) is 35.8. The van der Waals surface area contributed by atoms with E-state index >= 15 is 0 Å². The van der Waals surface area contributed by atoms with E-state index in [2.05, 4.69) is 180 Å². The summed E-state index contributed by atoms with van der Waals surface area (Å²) in [5.74, 6) is 0. The van der Waals surface area contributed by atoms with Crippen molar-refractivity contribution in [2.45, 2.75) is 0 Å². The second kappa shape index (κ2) is 12.2. The average Bonchev–Trinajstić information content (AvgIpc) is 3.56. The Bertz CT molecular complexity index is 3250. The lowest BCUT2D eigenvalue weighted by molar-refractivity contribution is 1.18. The largest absolute Gasteiger partial charge is 0.308 e. The molecule has 0 spiro atoms. The van der Waals surface area contributed by atoms with Crippen molar-refractivity contribution in [1.82, 2.24) is 9.55 Å². The molecule has 0 N–H and O–H groups in total. The van der Waals surface area contributed by atoms with Crippen molar-refractivity contribution in [1.29, 1.82) is 0 Å². The molecular formula is C51H31ClN2. The van der Waals surface area contributed by atoms with Crippen LogP contribution >= 0.6 is 11.6 Å². The van der Waals surface area contributed by atoms with Gasteiger partial charge in [0, 0.05) is 22.3 Å². The van der Waals surface area contributed by atoms with Gasteiger partial charge in [0.25, 0.3) is 0 Å². The molecule has 11 rings (SSSR count). The minimum absolute atomic E-state index is 0.683. The van der Waals surface area contributed by atoms with Crippen molar-refractivity contribution in [3.63, 3.8) is 0 Å². The van der Waals surface area contributed by atoms with Gasteiger partial charge in [-0.2, -0.15) is 0 Å². The van der Waals surface area contributed by atoms with Crippen LogP contribution in [0.2, 0.25) is 5.02 Å². The Hall–Kier alpha value is -6.74. The number of halogens is 1. The van der Waals surface area contributed by atoms with Gasteiger partial charge in [-0.05, 0) is 131 Å². The first kappa shape index (κ1) is 30.8. The molecule has 0 radical (unpaired) electrons. The third-order valence-electron chi connectivity index (χ3n) is 11.0. The smallest absolute Gasteiger partial charge is 0.0963 e. The fraction of sp³-hybridized carbons (Fsp3) is 0. The highest BCUT2D eigenvalue weighted by Crippen LogP contribution is 2.46. The molecule has 252 valence electrons. The minimum Gasteiger partial charge on any atom is -0.308 e. The Balaban J connectivity index is 1.20. The highest BCUT2D eigenvalue weighted by Gasteiger charge is 2.19. The van der Waals surface area contributed by atoms with E-state index in [1.807, 2.05) is 12.3 Å². The summed E-state index contributed by atoms with van der Waals surface area (Å²) in [5.41, 5.74) is 11.2. The van der Waals surface area contributed by atoms with Crippen LogP contribution in [0.25, 0.3) is 104 Å². The second-order valence-corrected chi connectivity index (χ2v) is 14.5. The Morgan fingerprint density at radius 2 is 0.926 bits per heavy atom. The summed E-state index contributed by atoms with van der Waals surface area (Å²) in [6.45, 7) is 0. The SMILES string of the molecule is Clc1cc(-c2ccc3c(-c4ccc5ccccc5c4)c4ccccc4c(-c4ccc5ccccc5c4)c3c2)cc(-n2c3ccccc3c3ncccc32)c1. The Morgan fingerprint density at radius 3 is 1.63 bits per heavy atom. The van der Waals surface area contributed by atoms with Crippen molar-refractivity contribution in [2.75, 3.05) is 0 Å². The third-order valence-corrected chi connectivity index (χ3v) is 11.2. The monoisotopic (exact) mass is 706 g/mol. The van der Waals surface area contributed by atoms with Crippen LogP contribution in [0.4, 0.5) is 0 Å². The molecule has 2 nitrogen and oxygen atoms in total. The number of nitrogens with zero attached hydrogens (tertiary/aromatic N) is 2. The molecule has 0 aliphatic carbocycles. The predicted molar refractivity (Wildman–Crippen MR) is 230 cm³/mol. The number of aromatic nitrogens is 2. The Morgan fingerprint density at radius 1 is 0.370 bits per heavy atom. The van der Waals surface area contributed by atoms with E-state index in [1.165, 1.54) is 65.3 Å². The lowest BCUT2D eigenvalue weighted by atomic mass is 9.84. The minimum atomic E-state index is 0.683. The van der Waals surface area contributed by atoms with Gasteiger partial charge in [0.1, 0.15) is 0 Å². The van der Waals surface area contributed by atoms with Crippen LogP contribution in [-0.2, 0) is 0 Å². The quantitative estimate of drug-likeness (QED) is 0.167. The lowest BCUT2D eigenvalue weighted by Gasteiger charge is -2.19. The molecular weight excluding hydrogens is 676 g/mol.